The molecule has 0 aliphatic heterocycles. The van der Waals surface area contributed by atoms with Gasteiger partial charge in [-0.3, -0.25) is 18.6 Å². The molecule has 0 saturated carbocycles. The number of amides is 1. The Kier molecular flexibility index (Phi) is 61.9. The van der Waals surface area contributed by atoms with Crippen LogP contribution in [0.3, 0.4) is 0 Å². The van der Waals surface area contributed by atoms with Crippen molar-refractivity contribution in [3.63, 3.8) is 0 Å². The maximum absolute atomic E-state index is 13.6. The second-order valence-corrected chi connectivity index (χ2v) is 27.6. The van der Waals surface area contributed by atoms with Crippen LogP contribution in [-0.2, 0) is 27.9 Å². The lowest BCUT2D eigenvalue weighted by molar-refractivity contribution is -0.870. The van der Waals surface area contributed by atoms with Crippen LogP contribution in [-0.4, -0.2) is 74.3 Å². The van der Waals surface area contributed by atoms with E-state index in [1.807, 2.05) is 27.2 Å². The molecule has 0 bridgehead atoms. The topological polar surface area (TPSA) is 111 Å². The molecule has 0 radical (unpaired) electrons. The third-order valence-corrected chi connectivity index (χ3v) is 17.5. The van der Waals surface area contributed by atoms with E-state index in [9.17, 15) is 19.0 Å². The van der Waals surface area contributed by atoms with Crippen molar-refractivity contribution in [2.75, 3.05) is 40.9 Å². The van der Waals surface area contributed by atoms with E-state index in [-0.39, 0.29) is 25.1 Å². The van der Waals surface area contributed by atoms with Gasteiger partial charge in [-0.15, -0.1) is 0 Å². The number of phosphoric acid groups is 1. The molecule has 0 aliphatic carbocycles. The molecule has 2 N–H and O–H groups in total. The number of carbonyl (C=O) groups excluding carboxylic acids is 2. The molecule has 10 heteroatoms. The fourth-order valence-corrected chi connectivity index (χ4v) is 11.7. The summed E-state index contributed by atoms with van der Waals surface area (Å²) in [6, 6.07) is -0.847. The second kappa shape index (κ2) is 63.3. The zero-order valence-corrected chi connectivity index (χ0v) is 57.1. The number of rotatable bonds is 67. The summed E-state index contributed by atoms with van der Waals surface area (Å²) in [5.74, 6) is -0.486. The van der Waals surface area contributed by atoms with Gasteiger partial charge in [0, 0.05) is 12.8 Å². The average Bonchev–Trinajstić information content (AvgIpc) is 3.46. The highest BCUT2D eigenvalue weighted by Gasteiger charge is 2.30. The molecule has 3 atom stereocenters. The quantitative estimate of drug-likeness (QED) is 0.0205. The Hall–Kier alpha value is -1.77. The summed E-state index contributed by atoms with van der Waals surface area (Å²) in [5, 5.41) is 3.08. The number of hydrogen-bond acceptors (Lipinski definition) is 6. The van der Waals surface area contributed by atoms with Crippen LogP contribution in [0.5, 0.6) is 0 Å². The van der Waals surface area contributed by atoms with Crippen molar-refractivity contribution in [3.05, 3.63) is 36.5 Å². The Balaban J connectivity index is 5.07. The van der Waals surface area contributed by atoms with Gasteiger partial charge in [-0.1, -0.05) is 308 Å². The van der Waals surface area contributed by atoms with E-state index in [0.717, 1.165) is 57.8 Å². The smallest absolute Gasteiger partial charge is 0.456 e. The second-order valence-electron chi connectivity index (χ2n) is 26.1. The number of hydrogen-bond donors (Lipinski definition) is 2. The van der Waals surface area contributed by atoms with Gasteiger partial charge in [-0.2, -0.15) is 0 Å². The number of carbonyl (C=O) groups is 2. The van der Waals surface area contributed by atoms with Gasteiger partial charge >= 0.3 is 13.8 Å². The minimum absolute atomic E-state index is 0.0428. The summed E-state index contributed by atoms with van der Waals surface area (Å²) in [7, 11) is 1.51. The Morgan fingerprint density at radius 1 is 0.410 bits per heavy atom. The lowest BCUT2D eigenvalue weighted by Gasteiger charge is -2.27. The first-order chi connectivity index (χ1) is 40.4. The third kappa shape index (κ3) is 64.5. The number of unbranched alkanes of at least 4 members (excludes halogenated alkanes) is 47. The zero-order valence-electron chi connectivity index (χ0n) is 56.2. The van der Waals surface area contributed by atoms with Gasteiger partial charge in [0.1, 0.15) is 19.3 Å². The van der Waals surface area contributed by atoms with Crippen molar-refractivity contribution in [3.8, 4) is 0 Å². The minimum Gasteiger partial charge on any atom is -0.456 e. The molecule has 1 amide bonds. The summed E-state index contributed by atoms with van der Waals surface area (Å²) in [5.41, 5.74) is 0. The highest BCUT2D eigenvalue weighted by atomic mass is 31.2. The van der Waals surface area contributed by atoms with Gasteiger partial charge in [-0.25, -0.2) is 4.57 Å². The summed E-state index contributed by atoms with van der Waals surface area (Å²) in [6.45, 7) is 7.07. The largest absolute Gasteiger partial charge is 0.472 e. The van der Waals surface area contributed by atoms with Gasteiger partial charge < -0.3 is 19.4 Å². The first kappa shape index (κ1) is 81.2. The van der Waals surface area contributed by atoms with Gasteiger partial charge in [0.05, 0.1) is 33.8 Å². The highest BCUT2D eigenvalue weighted by molar-refractivity contribution is 7.47. The minimum atomic E-state index is -4.45. The normalized spacial score (nSPS) is 13.7. The molecule has 0 rings (SSSR count). The molecular formula is C73H142N2O7P+. The number of allylic oxidation sites excluding steroid dienone is 5. The summed E-state index contributed by atoms with van der Waals surface area (Å²) in [4.78, 5) is 37.9. The third-order valence-electron chi connectivity index (χ3n) is 16.6. The van der Waals surface area contributed by atoms with Crippen LogP contribution in [0, 0.1) is 0 Å². The average molecular weight is 1190 g/mol. The number of likely N-dealkylation sites (N-methyl/N-ethyl adjacent to an activating group) is 1. The maximum Gasteiger partial charge on any atom is 0.472 e. The Morgan fingerprint density at radius 3 is 1.02 bits per heavy atom. The fraction of sp³-hybridized carbons (Fsp3) is 0.890. The van der Waals surface area contributed by atoms with Crippen LogP contribution < -0.4 is 5.32 Å². The van der Waals surface area contributed by atoms with Crippen molar-refractivity contribution in [2.45, 2.75) is 380 Å². The van der Waals surface area contributed by atoms with Crippen LogP contribution in [0.1, 0.15) is 367 Å². The van der Waals surface area contributed by atoms with Gasteiger partial charge in [0.2, 0.25) is 5.91 Å². The number of nitrogens with zero attached hydrogens (tertiary/aromatic N) is 1. The number of ether oxygens (including phenoxy) is 1. The van der Waals surface area contributed by atoms with E-state index < -0.39 is 20.0 Å². The van der Waals surface area contributed by atoms with E-state index in [0.29, 0.717) is 23.9 Å². The first-order valence-electron chi connectivity index (χ1n) is 36.3. The van der Waals surface area contributed by atoms with Crippen molar-refractivity contribution in [1.82, 2.24) is 5.32 Å². The van der Waals surface area contributed by atoms with Crippen LogP contribution in [0.15, 0.2) is 36.5 Å². The monoisotopic (exact) mass is 1190 g/mol. The molecule has 0 fully saturated rings. The molecule has 0 aliphatic rings. The number of phosphoric ester groups is 1. The Bertz CT molecular complexity index is 1510. The number of quaternary nitrogens is 1. The first-order valence-corrected chi connectivity index (χ1v) is 37.8. The zero-order chi connectivity index (χ0) is 60.7. The molecule has 9 nitrogen and oxygen atoms in total. The van der Waals surface area contributed by atoms with Crippen molar-refractivity contribution in [2.24, 2.45) is 0 Å². The number of nitrogens with one attached hydrogen (secondary N) is 1. The molecule has 490 valence electrons. The maximum atomic E-state index is 13.6. The molecule has 0 heterocycles. The molecule has 0 aromatic rings. The van der Waals surface area contributed by atoms with Gasteiger partial charge in [-0.05, 0) is 83.1 Å². The molecular weight excluding hydrogens is 1050 g/mol. The summed E-state index contributed by atoms with van der Waals surface area (Å²) < 4.78 is 30.9. The fourth-order valence-electron chi connectivity index (χ4n) is 10.9. The van der Waals surface area contributed by atoms with E-state index in [1.54, 1.807) is 0 Å². The van der Waals surface area contributed by atoms with Crippen LogP contribution in [0.2, 0.25) is 0 Å². The van der Waals surface area contributed by atoms with E-state index in [4.69, 9.17) is 13.8 Å². The Labute approximate surface area is 516 Å². The lowest BCUT2D eigenvalue weighted by Crippen LogP contribution is -2.47. The van der Waals surface area contributed by atoms with Gasteiger partial charge in [0.25, 0.3) is 0 Å². The molecule has 0 saturated heterocycles. The van der Waals surface area contributed by atoms with Crippen LogP contribution >= 0.6 is 7.82 Å². The summed E-state index contributed by atoms with van der Waals surface area (Å²) >= 11 is 0. The summed E-state index contributed by atoms with van der Waals surface area (Å²) in [6.07, 6.45) is 78.7. The highest BCUT2D eigenvalue weighted by Crippen LogP contribution is 2.43. The van der Waals surface area contributed by atoms with Crippen LogP contribution in [0.4, 0.5) is 0 Å². The van der Waals surface area contributed by atoms with Crippen molar-refractivity contribution < 1.29 is 37.3 Å². The van der Waals surface area contributed by atoms with E-state index >= 15 is 0 Å². The molecule has 0 aromatic carbocycles. The molecule has 3 unspecified atom stereocenters. The predicted octanol–water partition coefficient (Wildman–Crippen LogP) is 23.0. The molecule has 83 heavy (non-hydrogen) atoms. The molecule has 0 aromatic heterocycles. The van der Waals surface area contributed by atoms with E-state index in [1.165, 1.54) is 276 Å². The lowest BCUT2D eigenvalue weighted by atomic mass is 10.0. The molecule has 0 spiro atoms. The number of esters is 1. The Morgan fingerprint density at radius 2 is 0.699 bits per heavy atom. The van der Waals surface area contributed by atoms with E-state index in [2.05, 4.69) is 56.5 Å². The van der Waals surface area contributed by atoms with Crippen molar-refractivity contribution >= 4 is 19.7 Å². The van der Waals surface area contributed by atoms with Gasteiger partial charge in [0.15, 0.2) is 0 Å². The predicted molar refractivity (Wildman–Crippen MR) is 360 cm³/mol. The van der Waals surface area contributed by atoms with Crippen molar-refractivity contribution in [1.29, 1.82) is 0 Å². The van der Waals surface area contributed by atoms with Crippen LogP contribution in [0.25, 0.3) is 0 Å². The SMILES string of the molecule is CCCCCCCC/C=C/CCCCCCCCCCCCCCCC(=O)NC(COP(=O)(O)OCC[N+](C)(C)C)C(/C=C/CCCCCCCCCCCCC)OC(=O)CCCCCCCCCCCCC/C=C/CCCCCCCC. The standard InChI is InChI=1S/C73H141N2O7P/c1-7-10-13-16-19-22-25-28-30-32-34-36-37-39-40-42-44-47-50-53-56-59-62-65-72(76)74-70(69-81-83(78,79)80-68-67-75(4,5)6)71(64-61-58-55-52-49-46-27-24-21-18-15-12-9-3)82-73(77)66-63-60-57-54-51-48-45-43-41-38-35-33-31-29-26-23-20-17-14-11-8-2/h28-31,61,64,70-71H,7-27,32-60,62-63,65-69H2,1-6H3,(H-,74,76,78,79)/p+1/b30-28+,31-29+,64-61+.